The van der Waals surface area contributed by atoms with Gasteiger partial charge in [-0.2, -0.15) is 26.3 Å². The fraction of sp³-hybridized carbons (Fsp3) is 0.200. The molecule has 0 atom stereocenters. The zero-order valence-electron chi connectivity index (χ0n) is 14.8. The van der Waals surface area contributed by atoms with Crippen LogP contribution >= 0.6 is 0 Å². The van der Waals surface area contributed by atoms with E-state index < -0.39 is 35.1 Å². The molecule has 146 valence electrons. The highest BCUT2D eigenvalue weighted by atomic mass is 19.4. The molecule has 0 saturated heterocycles. The molecule has 0 N–H and O–H groups in total. The lowest BCUT2D eigenvalue weighted by Gasteiger charge is -2.19. The summed E-state index contributed by atoms with van der Waals surface area (Å²) in [5.74, 6) is -0.420. The van der Waals surface area contributed by atoms with Crippen molar-refractivity contribution in [2.75, 3.05) is 0 Å². The van der Waals surface area contributed by atoms with Crippen molar-refractivity contribution in [3.05, 3.63) is 70.9 Å². The van der Waals surface area contributed by atoms with Crippen LogP contribution in [0.3, 0.4) is 0 Å². The van der Waals surface area contributed by atoms with Crippen LogP contribution in [0.2, 0.25) is 0 Å². The molecule has 0 spiro atoms. The van der Waals surface area contributed by atoms with Gasteiger partial charge in [0.1, 0.15) is 5.56 Å². The Morgan fingerprint density at radius 2 is 1.07 bits per heavy atom. The predicted molar refractivity (Wildman–Crippen MR) is 92.4 cm³/mol. The van der Waals surface area contributed by atoms with E-state index in [-0.39, 0.29) is 11.1 Å². The molecular formula is C20H14F6N2. The molecule has 28 heavy (non-hydrogen) atoms. The van der Waals surface area contributed by atoms with E-state index in [0.717, 1.165) is 11.1 Å². The topological polar surface area (TPSA) is 25.8 Å². The molecular weight excluding hydrogens is 382 g/mol. The van der Waals surface area contributed by atoms with E-state index in [0.29, 0.717) is 0 Å². The molecule has 8 heteroatoms. The Kier molecular flexibility index (Phi) is 4.91. The predicted octanol–water partition coefficient (Wildman–Crippen LogP) is 6.47. The van der Waals surface area contributed by atoms with Crippen molar-refractivity contribution in [2.24, 2.45) is 0 Å². The number of aromatic nitrogens is 2. The number of aryl methyl sites for hydroxylation is 2. The Balaban J connectivity index is 2.38. The van der Waals surface area contributed by atoms with Crippen LogP contribution in [0.15, 0.2) is 48.5 Å². The van der Waals surface area contributed by atoms with Gasteiger partial charge in [-0.15, -0.1) is 0 Å². The first-order chi connectivity index (χ1) is 13.0. The molecule has 1 aromatic heterocycles. The van der Waals surface area contributed by atoms with Gasteiger partial charge in [0.05, 0.1) is 5.69 Å². The van der Waals surface area contributed by atoms with Crippen molar-refractivity contribution in [3.63, 3.8) is 0 Å². The molecule has 0 aliphatic rings. The third-order valence-corrected chi connectivity index (χ3v) is 4.10. The molecule has 1 heterocycles. The number of hydrogen-bond donors (Lipinski definition) is 0. The van der Waals surface area contributed by atoms with Gasteiger partial charge in [-0.05, 0) is 13.8 Å². The molecule has 0 aliphatic carbocycles. The van der Waals surface area contributed by atoms with Crippen molar-refractivity contribution in [3.8, 4) is 22.6 Å². The third kappa shape index (κ3) is 4.00. The molecule has 3 rings (SSSR count). The Morgan fingerprint density at radius 1 is 0.607 bits per heavy atom. The maximum absolute atomic E-state index is 13.6. The first kappa shape index (κ1) is 19.9. The maximum Gasteiger partial charge on any atom is 0.434 e. The lowest BCUT2D eigenvalue weighted by molar-refractivity contribution is -0.164. The number of nitrogens with zero attached hydrogens (tertiary/aromatic N) is 2. The summed E-state index contributed by atoms with van der Waals surface area (Å²) in [5, 5.41) is 0. The van der Waals surface area contributed by atoms with Gasteiger partial charge in [0.15, 0.2) is 11.5 Å². The molecule has 2 aromatic carbocycles. The summed E-state index contributed by atoms with van der Waals surface area (Å²) < 4.78 is 81.4. The first-order valence-corrected chi connectivity index (χ1v) is 8.17. The molecule has 3 aromatic rings. The van der Waals surface area contributed by atoms with E-state index in [9.17, 15) is 26.3 Å². The van der Waals surface area contributed by atoms with Gasteiger partial charge in [-0.25, -0.2) is 9.97 Å². The van der Waals surface area contributed by atoms with E-state index in [4.69, 9.17) is 0 Å². The Hall–Kier alpha value is -2.90. The second-order valence-corrected chi connectivity index (χ2v) is 6.35. The van der Waals surface area contributed by atoms with E-state index in [1.54, 1.807) is 26.0 Å². The summed E-state index contributed by atoms with van der Waals surface area (Å²) in [7, 11) is 0. The highest BCUT2D eigenvalue weighted by molar-refractivity contribution is 5.69. The second kappa shape index (κ2) is 6.92. The normalized spacial score (nSPS) is 12.3. The first-order valence-electron chi connectivity index (χ1n) is 8.17. The fourth-order valence-corrected chi connectivity index (χ4v) is 2.69. The van der Waals surface area contributed by atoms with Crippen molar-refractivity contribution in [1.82, 2.24) is 9.97 Å². The highest BCUT2D eigenvalue weighted by Crippen LogP contribution is 2.44. The van der Waals surface area contributed by atoms with Crippen LogP contribution in [0.25, 0.3) is 22.6 Å². The standard InChI is InChI=1S/C20H14F6N2/c1-11-3-7-13(8-4-11)16-15(19(21,22)23)17(20(24,25)26)28-18(27-16)14-9-5-12(2)6-10-14/h3-10H,1-2H3. The van der Waals surface area contributed by atoms with Crippen molar-refractivity contribution >= 4 is 0 Å². The quantitative estimate of drug-likeness (QED) is 0.464. The fourth-order valence-electron chi connectivity index (χ4n) is 2.69. The van der Waals surface area contributed by atoms with E-state index in [1.807, 2.05) is 0 Å². The van der Waals surface area contributed by atoms with E-state index in [2.05, 4.69) is 9.97 Å². The van der Waals surface area contributed by atoms with Crippen molar-refractivity contribution < 1.29 is 26.3 Å². The summed E-state index contributed by atoms with van der Waals surface area (Å²) in [5.41, 5.74) is -2.98. The highest BCUT2D eigenvalue weighted by Gasteiger charge is 2.47. The van der Waals surface area contributed by atoms with Gasteiger partial charge in [0.25, 0.3) is 0 Å². The SMILES string of the molecule is Cc1ccc(-c2nc(-c3ccc(C)cc3)c(C(F)(F)F)c(C(F)(F)F)n2)cc1. The van der Waals surface area contributed by atoms with Gasteiger partial charge in [-0.3, -0.25) is 0 Å². The number of rotatable bonds is 2. The van der Waals surface area contributed by atoms with Gasteiger partial charge in [-0.1, -0.05) is 59.7 Å². The molecule has 0 fully saturated rings. The van der Waals surface area contributed by atoms with Crippen LogP contribution in [0.1, 0.15) is 22.4 Å². The van der Waals surface area contributed by atoms with Crippen molar-refractivity contribution in [2.45, 2.75) is 26.2 Å². The van der Waals surface area contributed by atoms with E-state index >= 15 is 0 Å². The summed E-state index contributed by atoms with van der Waals surface area (Å²) in [6.07, 6.45) is -10.6. The Bertz CT molecular complexity index is 987. The molecule has 0 saturated carbocycles. The minimum atomic E-state index is -5.30. The van der Waals surface area contributed by atoms with Crippen LogP contribution < -0.4 is 0 Å². The molecule has 2 nitrogen and oxygen atoms in total. The van der Waals surface area contributed by atoms with Gasteiger partial charge in [0, 0.05) is 11.1 Å². The largest absolute Gasteiger partial charge is 0.434 e. The minimum absolute atomic E-state index is 0.0702. The van der Waals surface area contributed by atoms with Gasteiger partial charge < -0.3 is 0 Å². The van der Waals surface area contributed by atoms with Gasteiger partial charge >= 0.3 is 12.4 Å². The average Bonchev–Trinajstić information content (AvgIpc) is 2.60. The monoisotopic (exact) mass is 396 g/mol. The molecule has 0 aliphatic heterocycles. The van der Waals surface area contributed by atoms with Crippen LogP contribution in [0, 0.1) is 13.8 Å². The average molecular weight is 396 g/mol. The number of benzene rings is 2. The lowest BCUT2D eigenvalue weighted by atomic mass is 10.0. The summed E-state index contributed by atoms with van der Waals surface area (Å²) in [4.78, 5) is 7.14. The van der Waals surface area contributed by atoms with Crippen LogP contribution in [-0.4, -0.2) is 9.97 Å². The number of halogens is 6. The smallest absolute Gasteiger partial charge is 0.227 e. The van der Waals surface area contributed by atoms with Crippen LogP contribution in [0.5, 0.6) is 0 Å². The van der Waals surface area contributed by atoms with Crippen LogP contribution in [-0.2, 0) is 12.4 Å². The third-order valence-electron chi connectivity index (χ3n) is 4.10. The van der Waals surface area contributed by atoms with Crippen LogP contribution in [0.4, 0.5) is 26.3 Å². The van der Waals surface area contributed by atoms with E-state index in [1.165, 1.54) is 36.4 Å². The molecule has 0 radical (unpaired) electrons. The van der Waals surface area contributed by atoms with Gasteiger partial charge in [0.2, 0.25) is 0 Å². The zero-order valence-corrected chi connectivity index (χ0v) is 14.8. The summed E-state index contributed by atoms with van der Waals surface area (Å²) >= 11 is 0. The molecule has 0 unspecified atom stereocenters. The Labute approximate surface area is 156 Å². The Morgan fingerprint density at radius 3 is 1.50 bits per heavy atom. The number of hydrogen-bond acceptors (Lipinski definition) is 2. The molecule has 0 amide bonds. The summed E-state index contributed by atoms with van der Waals surface area (Å²) in [6, 6.07) is 11.8. The lowest BCUT2D eigenvalue weighted by Crippen LogP contribution is -2.21. The summed E-state index contributed by atoms with van der Waals surface area (Å²) in [6.45, 7) is 3.49. The second-order valence-electron chi connectivity index (χ2n) is 6.35. The zero-order chi connectivity index (χ0) is 20.7. The molecule has 0 bridgehead atoms. The van der Waals surface area contributed by atoms with Crippen molar-refractivity contribution in [1.29, 1.82) is 0 Å². The minimum Gasteiger partial charge on any atom is -0.227 e. The maximum atomic E-state index is 13.6. The number of alkyl halides is 6.